The van der Waals surface area contributed by atoms with E-state index in [1.54, 1.807) is 4.73 Å². The molecule has 17 heavy (non-hydrogen) atoms. The molecule has 0 aliphatic carbocycles. The molecule has 0 saturated heterocycles. The monoisotopic (exact) mass is 231 g/mol. The molecule has 2 aromatic rings. The second-order valence-electron chi connectivity index (χ2n) is 5.22. The Kier molecular flexibility index (Phi) is 2.69. The van der Waals surface area contributed by atoms with Gasteiger partial charge in [0, 0.05) is 17.7 Å². The van der Waals surface area contributed by atoms with Crippen LogP contribution in [-0.4, -0.2) is 10.7 Å². The average Bonchev–Trinajstić information content (AvgIpc) is 2.56. The van der Waals surface area contributed by atoms with Crippen LogP contribution in [0.1, 0.15) is 33.4 Å². The van der Waals surface area contributed by atoms with Crippen molar-refractivity contribution in [1.82, 2.24) is 4.73 Å². The van der Waals surface area contributed by atoms with Crippen LogP contribution in [0.4, 0.5) is 0 Å². The third-order valence-electron chi connectivity index (χ3n) is 2.65. The van der Waals surface area contributed by atoms with Gasteiger partial charge in [-0.1, -0.05) is 39.0 Å². The summed E-state index contributed by atoms with van der Waals surface area (Å²) in [7, 11) is 0. The summed E-state index contributed by atoms with van der Waals surface area (Å²) in [6.07, 6.45) is 0. The highest BCUT2D eigenvalue weighted by atomic mass is 16.7. The minimum Gasteiger partial charge on any atom is -0.337 e. The third-order valence-corrected chi connectivity index (χ3v) is 2.65. The molecule has 0 atom stereocenters. The number of hydrogen-bond donors (Lipinski definition) is 0. The molecule has 0 spiro atoms. The topological polar surface area (TPSA) is 31.2 Å². The van der Waals surface area contributed by atoms with E-state index in [0.29, 0.717) is 0 Å². The number of hydrogen-bond acceptors (Lipinski definition) is 2. The maximum absolute atomic E-state index is 11.2. The van der Waals surface area contributed by atoms with Gasteiger partial charge in [-0.2, -0.15) is 4.73 Å². The molecule has 3 nitrogen and oxygen atoms in total. The van der Waals surface area contributed by atoms with E-state index in [4.69, 9.17) is 4.84 Å². The van der Waals surface area contributed by atoms with Gasteiger partial charge >= 0.3 is 5.97 Å². The molecule has 0 radical (unpaired) electrons. The number of carbonyl (C=O) groups excluding carboxylic acids is 1. The lowest BCUT2D eigenvalue weighted by Gasteiger charge is -2.20. The molecule has 0 aliphatic heterocycles. The summed E-state index contributed by atoms with van der Waals surface area (Å²) >= 11 is 0. The first-order valence-electron chi connectivity index (χ1n) is 5.69. The number of benzene rings is 1. The predicted molar refractivity (Wildman–Crippen MR) is 67.9 cm³/mol. The number of fused-ring (bicyclic) bond motifs is 1. The molecule has 2 rings (SSSR count). The van der Waals surface area contributed by atoms with Crippen LogP contribution < -0.4 is 4.84 Å². The molecule has 0 unspecified atom stereocenters. The second kappa shape index (κ2) is 3.91. The molecule has 0 saturated carbocycles. The normalized spacial score (nSPS) is 11.8. The summed E-state index contributed by atoms with van der Waals surface area (Å²) in [6, 6.07) is 9.96. The Morgan fingerprint density at radius 2 is 1.88 bits per heavy atom. The standard InChI is InChI=1S/C14H17NO2/c1-10(16)17-15-12-8-6-5-7-11(12)9-13(15)14(2,3)4/h5-9H,1-4H3. The van der Waals surface area contributed by atoms with Crippen LogP contribution in [0.15, 0.2) is 30.3 Å². The van der Waals surface area contributed by atoms with E-state index in [0.717, 1.165) is 16.6 Å². The lowest BCUT2D eigenvalue weighted by atomic mass is 9.92. The zero-order valence-electron chi connectivity index (χ0n) is 10.7. The minimum absolute atomic E-state index is 0.0749. The van der Waals surface area contributed by atoms with E-state index in [2.05, 4.69) is 26.8 Å². The smallest absolute Gasteiger partial charge is 0.329 e. The molecule has 0 amide bonds. The summed E-state index contributed by atoms with van der Waals surface area (Å²) in [4.78, 5) is 16.5. The van der Waals surface area contributed by atoms with Gasteiger partial charge in [0.25, 0.3) is 0 Å². The van der Waals surface area contributed by atoms with Crippen molar-refractivity contribution in [2.24, 2.45) is 0 Å². The fourth-order valence-electron chi connectivity index (χ4n) is 1.88. The van der Waals surface area contributed by atoms with Crippen molar-refractivity contribution in [2.45, 2.75) is 33.1 Å². The number of rotatable bonds is 1. The molecular formula is C14H17NO2. The van der Waals surface area contributed by atoms with E-state index < -0.39 is 0 Å². The maximum atomic E-state index is 11.2. The molecule has 1 aromatic heterocycles. The second-order valence-corrected chi connectivity index (χ2v) is 5.22. The van der Waals surface area contributed by atoms with Crippen LogP contribution >= 0.6 is 0 Å². The fraction of sp³-hybridized carbons (Fsp3) is 0.357. The molecule has 0 N–H and O–H groups in total. The van der Waals surface area contributed by atoms with E-state index >= 15 is 0 Å². The van der Waals surface area contributed by atoms with Gasteiger partial charge in [0.1, 0.15) is 0 Å². The molecular weight excluding hydrogens is 214 g/mol. The van der Waals surface area contributed by atoms with Crippen LogP contribution in [0, 0.1) is 0 Å². The number of aromatic nitrogens is 1. The van der Waals surface area contributed by atoms with Gasteiger partial charge in [-0.25, -0.2) is 4.79 Å². The van der Waals surface area contributed by atoms with Gasteiger partial charge in [-0.05, 0) is 12.1 Å². The first-order valence-corrected chi connectivity index (χ1v) is 5.69. The molecule has 0 bridgehead atoms. The first kappa shape index (κ1) is 11.7. The number of nitrogens with zero attached hydrogens (tertiary/aromatic N) is 1. The van der Waals surface area contributed by atoms with Gasteiger partial charge in [0.15, 0.2) is 0 Å². The Hall–Kier alpha value is -1.77. The Balaban J connectivity index is 2.69. The van der Waals surface area contributed by atoms with Crippen LogP contribution in [0.5, 0.6) is 0 Å². The summed E-state index contributed by atoms with van der Waals surface area (Å²) in [6.45, 7) is 7.71. The molecule has 1 heterocycles. The van der Waals surface area contributed by atoms with Gasteiger partial charge < -0.3 is 4.84 Å². The summed E-state index contributed by atoms with van der Waals surface area (Å²) in [5.74, 6) is -0.308. The number of para-hydroxylation sites is 1. The van der Waals surface area contributed by atoms with Crippen LogP contribution in [0.25, 0.3) is 10.9 Å². The summed E-state index contributed by atoms with van der Waals surface area (Å²) < 4.78 is 1.64. The van der Waals surface area contributed by atoms with Crippen molar-refractivity contribution in [3.63, 3.8) is 0 Å². The lowest BCUT2D eigenvalue weighted by molar-refractivity contribution is -0.141. The quantitative estimate of drug-likeness (QED) is 0.755. The van der Waals surface area contributed by atoms with Gasteiger partial charge in [0.05, 0.1) is 11.2 Å². The minimum atomic E-state index is -0.308. The van der Waals surface area contributed by atoms with Crippen molar-refractivity contribution in [2.75, 3.05) is 0 Å². The molecule has 0 aliphatic rings. The number of carbonyl (C=O) groups is 1. The average molecular weight is 231 g/mol. The van der Waals surface area contributed by atoms with Gasteiger partial charge in [-0.3, -0.25) is 0 Å². The lowest BCUT2D eigenvalue weighted by Crippen LogP contribution is -2.24. The van der Waals surface area contributed by atoms with Gasteiger partial charge in [-0.15, -0.1) is 0 Å². The Morgan fingerprint density at radius 1 is 1.24 bits per heavy atom. The molecule has 1 aromatic carbocycles. The molecule has 90 valence electrons. The maximum Gasteiger partial charge on any atom is 0.329 e. The van der Waals surface area contributed by atoms with Crippen molar-refractivity contribution in [3.05, 3.63) is 36.0 Å². The van der Waals surface area contributed by atoms with E-state index in [1.807, 2.05) is 24.3 Å². The van der Waals surface area contributed by atoms with E-state index in [1.165, 1.54) is 6.92 Å². The zero-order valence-corrected chi connectivity index (χ0v) is 10.7. The van der Waals surface area contributed by atoms with E-state index in [9.17, 15) is 4.79 Å². The van der Waals surface area contributed by atoms with Crippen LogP contribution in [-0.2, 0) is 10.2 Å². The SMILES string of the molecule is CC(=O)On1c(C(C)(C)C)cc2ccccc21. The highest BCUT2D eigenvalue weighted by Gasteiger charge is 2.22. The summed E-state index contributed by atoms with van der Waals surface area (Å²) in [5.41, 5.74) is 1.84. The largest absolute Gasteiger partial charge is 0.337 e. The van der Waals surface area contributed by atoms with Crippen molar-refractivity contribution < 1.29 is 9.63 Å². The highest BCUT2D eigenvalue weighted by molar-refractivity contribution is 5.82. The Morgan fingerprint density at radius 3 is 2.47 bits per heavy atom. The zero-order chi connectivity index (χ0) is 12.6. The fourth-order valence-corrected chi connectivity index (χ4v) is 1.88. The first-order chi connectivity index (χ1) is 7.89. The van der Waals surface area contributed by atoms with Crippen LogP contribution in [0.3, 0.4) is 0 Å². The predicted octanol–water partition coefficient (Wildman–Crippen LogP) is 2.91. The molecule has 0 fully saturated rings. The molecule has 3 heteroatoms. The van der Waals surface area contributed by atoms with Crippen molar-refractivity contribution in [1.29, 1.82) is 0 Å². The Labute approximate surface area is 101 Å². The Bertz CT molecular complexity index is 561. The summed E-state index contributed by atoms with van der Waals surface area (Å²) in [5, 5.41) is 1.08. The third kappa shape index (κ3) is 2.18. The van der Waals surface area contributed by atoms with Crippen molar-refractivity contribution >= 4 is 16.9 Å². The van der Waals surface area contributed by atoms with Crippen molar-refractivity contribution in [3.8, 4) is 0 Å². The van der Waals surface area contributed by atoms with Crippen LogP contribution in [0.2, 0.25) is 0 Å². The van der Waals surface area contributed by atoms with E-state index in [-0.39, 0.29) is 11.4 Å². The highest BCUT2D eigenvalue weighted by Crippen LogP contribution is 2.28. The van der Waals surface area contributed by atoms with Gasteiger partial charge in [0.2, 0.25) is 0 Å².